The van der Waals surface area contributed by atoms with Crippen molar-refractivity contribution in [2.24, 2.45) is 5.73 Å². The maximum atomic E-state index is 10.9. The summed E-state index contributed by atoms with van der Waals surface area (Å²) in [5.74, 6) is 0. The summed E-state index contributed by atoms with van der Waals surface area (Å²) >= 11 is 0. The average molecular weight is 185 g/mol. The van der Waals surface area contributed by atoms with Gasteiger partial charge in [0.05, 0.1) is 25.3 Å². The number of hydrogen-bond acceptors (Lipinski definition) is 3. The van der Waals surface area contributed by atoms with Crippen molar-refractivity contribution in [2.75, 3.05) is 33.3 Å². The fourth-order valence-electron chi connectivity index (χ4n) is 2.04. The molecular weight excluding hydrogens is 170 g/mol. The molecule has 0 radical (unpaired) electrons. The van der Waals surface area contributed by atoms with Crippen LogP contribution in [0.2, 0.25) is 0 Å². The summed E-state index contributed by atoms with van der Waals surface area (Å²) in [4.78, 5) is 14.8. The number of rotatable bonds is 0. The molecule has 2 amide bonds. The van der Waals surface area contributed by atoms with E-state index in [4.69, 9.17) is 10.5 Å². The van der Waals surface area contributed by atoms with Crippen molar-refractivity contribution in [2.45, 2.75) is 12.1 Å². The SMILES string of the molecule is CN1CCOC2CN(C(N)=O)CC21. The van der Waals surface area contributed by atoms with E-state index >= 15 is 0 Å². The van der Waals surface area contributed by atoms with Crippen molar-refractivity contribution in [1.82, 2.24) is 9.80 Å². The minimum Gasteiger partial charge on any atom is -0.373 e. The maximum Gasteiger partial charge on any atom is 0.314 e. The Labute approximate surface area is 77.4 Å². The van der Waals surface area contributed by atoms with Crippen LogP contribution in [0.5, 0.6) is 0 Å². The zero-order valence-electron chi connectivity index (χ0n) is 7.77. The molecule has 0 aliphatic carbocycles. The molecule has 5 nitrogen and oxygen atoms in total. The van der Waals surface area contributed by atoms with Crippen molar-refractivity contribution in [3.8, 4) is 0 Å². The molecule has 0 saturated carbocycles. The van der Waals surface area contributed by atoms with Gasteiger partial charge in [-0.05, 0) is 7.05 Å². The van der Waals surface area contributed by atoms with E-state index in [1.54, 1.807) is 4.90 Å². The molecule has 2 fully saturated rings. The Morgan fingerprint density at radius 1 is 1.54 bits per heavy atom. The van der Waals surface area contributed by atoms with Crippen LogP contribution in [0.1, 0.15) is 0 Å². The standard InChI is InChI=1S/C8H15N3O2/c1-10-2-3-13-7-5-11(8(9)12)4-6(7)10/h6-7H,2-5H2,1H3,(H2,9,12). The summed E-state index contributed by atoms with van der Waals surface area (Å²) in [6, 6.07) is -0.00681. The molecule has 0 aromatic rings. The minimum absolute atomic E-state index is 0.159. The van der Waals surface area contributed by atoms with Gasteiger partial charge in [0, 0.05) is 13.1 Å². The first-order valence-electron chi connectivity index (χ1n) is 4.54. The van der Waals surface area contributed by atoms with Crippen LogP contribution in [-0.2, 0) is 4.74 Å². The molecule has 0 bridgehead atoms. The zero-order valence-corrected chi connectivity index (χ0v) is 7.77. The second kappa shape index (κ2) is 3.16. The average Bonchev–Trinajstić information content (AvgIpc) is 2.49. The number of ether oxygens (including phenoxy) is 1. The summed E-state index contributed by atoms with van der Waals surface area (Å²) in [5, 5.41) is 0. The normalized spacial score (nSPS) is 34.7. The lowest BCUT2D eigenvalue weighted by molar-refractivity contribution is -0.0367. The lowest BCUT2D eigenvalue weighted by atomic mass is 10.1. The zero-order chi connectivity index (χ0) is 9.42. The van der Waals surface area contributed by atoms with E-state index in [-0.39, 0.29) is 12.1 Å². The van der Waals surface area contributed by atoms with E-state index in [1.165, 1.54) is 0 Å². The molecule has 0 aromatic carbocycles. The first kappa shape index (κ1) is 8.77. The molecular formula is C8H15N3O2. The number of nitrogens with two attached hydrogens (primary N) is 1. The monoisotopic (exact) mass is 185 g/mol. The first-order valence-corrected chi connectivity index (χ1v) is 4.54. The number of likely N-dealkylation sites (N-methyl/N-ethyl adjacent to an activating group) is 1. The molecule has 2 rings (SSSR count). The van der Waals surface area contributed by atoms with Crippen LogP contribution in [0.4, 0.5) is 4.79 Å². The molecule has 2 atom stereocenters. The number of fused-ring (bicyclic) bond motifs is 1. The summed E-state index contributed by atoms with van der Waals surface area (Å²) in [7, 11) is 2.06. The van der Waals surface area contributed by atoms with E-state index < -0.39 is 0 Å². The predicted molar refractivity (Wildman–Crippen MR) is 47.3 cm³/mol. The lowest BCUT2D eigenvalue weighted by Gasteiger charge is -2.33. The second-order valence-electron chi connectivity index (χ2n) is 3.70. The van der Waals surface area contributed by atoms with Crippen LogP contribution in [-0.4, -0.2) is 61.3 Å². The number of primary amides is 1. The van der Waals surface area contributed by atoms with E-state index in [0.717, 1.165) is 13.2 Å². The summed E-state index contributed by atoms with van der Waals surface area (Å²) in [5.41, 5.74) is 5.21. The Kier molecular flexibility index (Phi) is 2.13. The summed E-state index contributed by atoms with van der Waals surface area (Å²) in [6.07, 6.45) is 0.159. The quantitative estimate of drug-likeness (QED) is 0.531. The molecule has 2 N–H and O–H groups in total. The Morgan fingerprint density at radius 3 is 2.92 bits per heavy atom. The molecule has 2 heterocycles. The smallest absolute Gasteiger partial charge is 0.314 e. The van der Waals surface area contributed by atoms with Gasteiger partial charge in [0.2, 0.25) is 0 Å². The van der Waals surface area contributed by atoms with E-state index in [9.17, 15) is 4.79 Å². The van der Waals surface area contributed by atoms with E-state index in [0.29, 0.717) is 19.1 Å². The van der Waals surface area contributed by atoms with Gasteiger partial charge in [0.15, 0.2) is 0 Å². The van der Waals surface area contributed by atoms with Gasteiger partial charge in [0.25, 0.3) is 0 Å². The molecule has 2 aliphatic rings. The van der Waals surface area contributed by atoms with Crippen molar-refractivity contribution >= 4 is 6.03 Å². The Bertz CT molecular complexity index is 221. The highest BCUT2D eigenvalue weighted by molar-refractivity contribution is 5.72. The molecule has 2 aliphatic heterocycles. The van der Waals surface area contributed by atoms with Crippen LogP contribution in [0.3, 0.4) is 0 Å². The molecule has 0 spiro atoms. The minimum atomic E-state index is -0.341. The summed E-state index contributed by atoms with van der Waals surface area (Å²) < 4.78 is 5.56. The van der Waals surface area contributed by atoms with Gasteiger partial charge in [-0.2, -0.15) is 0 Å². The van der Waals surface area contributed by atoms with Crippen LogP contribution >= 0.6 is 0 Å². The Hall–Kier alpha value is -0.810. The number of hydrogen-bond donors (Lipinski definition) is 1. The third-order valence-corrected chi connectivity index (χ3v) is 2.89. The van der Waals surface area contributed by atoms with Crippen LogP contribution in [0.15, 0.2) is 0 Å². The van der Waals surface area contributed by atoms with Gasteiger partial charge in [0.1, 0.15) is 0 Å². The van der Waals surface area contributed by atoms with Gasteiger partial charge >= 0.3 is 6.03 Å². The Balaban J connectivity index is 2.04. The van der Waals surface area contributed by atoms with Gasteiger partial charge in [-0.15, -0.1) is 0 Å². The Morgan fingerprint density at radius 2 is 2.31 bits per heavy atom. The fraction of sp³-hybridized carbons (Fsp3) is 0.875. The van der Waals surface area contributed by atoms with E-state index in [1.807, 2.05) is 0 Å². The number of amides is 2. The lowest BCUT2D eigenvalue weighted by Crippen LogP contribution is -2.48. The highest BCUT2D eigenvalue weighted by Gasteiger charge is 2.39. The third-order valence-electron chi connectivity index (χ3n) is 2.89. The molecule has 13 heavy (non-hydrogen) atoms. The van der Waals surface area contributed by atoms with Gasteiger partial charge < -0.3 is 15.4 Å². The van der Waals surface area contributed by atoms with Gasteiger partial charge in [-0.1, -0.05) is 0 Å². The fourth-order valence-corrected chi connectivity index (χ4v) is 2.04. The number of carbonyl (C=O) groups is 1. The predicted octanol–water partition coefficient (Wildman–Crippen LogP) is -0.920. The number of likely N-dealkylation sites (tertiary alicyclic amines) is 1. The van der Waals surface area contributed by atoms with Crippen molar-refractivity contribution < 1.29 is 9.53 Å². The number of urea groups is 1. The molecule has 74 valence electrons. The highest BCUT2D eigenvalue weighted by Crippen LogP contribution is 2.20. The van der Waals surface area contributed by atoms with Gasteiger partial charge in [-0.3, -0.25) is 4.90 Å². The molecule has 5 heteroatoms. The largest absolute Gasteiger partial charge is 0.373 e. The van der Waals surface area contributed by atoms with Crippen molar-refractivity contribution in [1.29, 1.82) is 0 Å². The topological polar surface area (TPSA) is 58.8 Å². The maximum absolute atomic E-state index is 10.9. The van der Waals surface area contributed by atoms with Gasteiger partial charge in [-0.25, -0.2) is 4.79 Å². The summed E-state index contributed by atoms with van der Waals surface area (Å²) in [6.45, 7) is 3.04. The first-order chi connectivity index (χ1) is 6.18. The van der Waals surface area contributed by atoms with Crippen LogP contribution in [0.25, 0.3) is 0 Å². The van der Waals surface area contributed by atoms with Crippen LogP contribution < -0.4 is 5.73 Å². The van der Waals surface area contributed by atoms with E-state index in [2.05, 4.69) is 11.9 Å². The third kappa shape index (κ3) is 1.49. The molecule has 2 unspecified atom stereocenters. The highest BCUT2D eigenvalue weighted by atomic mass is 16.5. The number of morpholine rings is 1. The number of carbonyl (C=O) groups excluding carboxylic acids is 1. The molecule has 0 aromatic heterocycles. The second-order valence-corrected chi connectivity index (χ2v) is 3.70. The van der Waals surface area contributed by atoms with Crippen molar-refractivity contribution in [3.63, 3.8) is 0 Å². The number of nitrogens with zero attached hydrogens (tertiary/aromatic N) is 2. The van der Waals surface area contributed by atoms with Crippen LogP contribution in [0, 0.1) is 0 Å². The van der Waals surface area contributed by atoms with Crippen molar-refractivity contribution in [3.05, 3.63) is 0 Å². The molecule has 2 saturated heterocycles.